The highest BCUT2D eigenvalue weighted by atomic mass is 32.2. The van der Waals surface area contributed by atoms with Crippen molar-refractivity contribution in [2.24, 2.45) is 11.5 Å². The molecule has 0 aliphatic heterocycles. The van der Waals surface area contributed by atoms with Crippen LogP contribution in [0.4, 0.5) is 0 Å². The first-order valence-corrected chi connectivity index (χ1v) is 18.0. The Balaban J connectivity index is 1.63. The number of sulfonamides is 1. The van der Waals surface area contributed by atoms with Crippen molar-refractivity contribution in [3.05, 3.63) is 102 Å². The molecule has 0 saturated carbocycles. The van der Waals surface area contributed by atoms with E-state index >= 15 is 0 Å². The molecule has 0 aliphatic carbocycles. The van der Waals surface area contributed by atoms with Crippen molar-refractivity contribution >= 4 is 54.5 Å². The smallest absolute Gasteiger partial charge is 0.268 e. The van der Waals surface area contributed by atoms with Crippen LogP contribution in [0.1, 0.15) is 36.5 Å². The highest BCUT2D eigenvalue weighted by Gasteiger charge is 2.30. The third-order valence-electron chi connectivity index (χ3n) is 7.55. The number of hydrogen-bond acceptors (Lipinski definition) is 8. The lowest BCUT2D eigenvalue weighted by molar-refractivity contribution is -0.130. The summed E-state index contributed by atoms with van der Waals surface area (Å²) in [7, 11) is -8.03. The SMILES string of the molecule is CCS(=O)(=O)NC(Cc1cn(S(=O)(=O)c2ccccc2)c2ccccc12)C(=O)NC(CCC(N)=O)C(=O)NCc1ccc(C(=N)N)cc1. The maximum absolute atomic E-state index is 13.7. The molecule has 254 valence electrons. The molecule has 1 heterocycles. The molecule has 0 fully saturated rings. The van der Waals surface area contributed by atoms with Crippen LogP contribution in [0, 0.1) is 5.41 Å². The number of nitrogens with one attached hydrogen (secondary N) is 4. The lowest BCUT2D eigenvalue weighted by atomic mass is 10.0. The van der Waals surface area contributed by atoms with E-state index in [1.165, 1.54) is 25.3 Å². The summed E-state index contributed by atoms with van der Waals surface area (Å²) in [6.45, 7) is 1.43. The summed E-state index contributed by atoms with van der Waals surface area (Å²) in [6, 6.07) is 18.2. The molecule has 16 heteroatoms. The summed E-state index contributed by atoms with van der Waals surface area (Å²) in [5.41, 5.74) is 12.7. The third-order valence-corrected chi connectivity index (χ3v) is 10.6. The van der Waals surface area contributed by atoms with Gasteiger partial charge in [0.05, 0.1) is 16.2 Å². The number of para-hydroxylation sites is 1. The van der Waals surface area contributed by atoms with Gasteiger partial charge in [-0.1, -0.05) is 60.7 Å². The zero-order chi connectivity index (χ0) is 35.1. The van der Waals surface area contributed by atoms with E-state index < -0.39 is 49.9 Å². The monoisotopic (exact) mass is 695 g/mol. The number of carbonyl (C=O) groups is 3. The standard InChI is InChI=1S/C32H37N7O7S2/c1-2-47(43,44)38-27(18-23-20-39(28-11-7-6-10-25(23)28)48(45,46)24-8-4-3-5-9-24)32(42)37-26(16-17-29(33)40)31(41)36-19-21-12-14-22(15-13-21)30(34)35/h3-15,20,26-27,38H,2,16-19H2,1H3,(H2,33,40)(H3,34,35)(H,36,41)(H,37,42). The second-order valence-corrected chi connectivity index (χ2v) is 14.8. The maximum Gasteiger partial charge on any atom is 0.268 e. The Kier molecular flexibility index (Phi) is 11.4. The number of hydrogen-bond donors (Lipinski definition) is 6. The zero-order valence-corrected chi connectivity index (χ0v) is 27.7. The van der Waals surface area contributed by atoms with Gasteiger partial charge in [0.1, 0.15) is 17.9 Å². The highest BCUT2D eigenvalue weighted by Crippen LogP contribution is 2.27. The lowest BCUT2D eigenvalue weighted by Crippen LogP contribution is -2.54. The Morgan fingerprint density at radius 1 is 0.854 bits per heavy atom. The van der Waals surface area contributed by atoms with Gasteiger partial charge in [0.15, 0.2) is 0 Å². The summed E-state index contributed by atoms with van der Waals surface area (Å²) < 4.78 is 56.1. The van der Waals surface area contributed by atoms with E-state index in [0.717, 1.165) is 3.97 Å². The second-order valence-electron chi connectivity index (χ2n) is 11.0. The average molecular weight is 696 g/mol. The zero-order valence-electron chi connectivity index (χ0n) is 26.0. The Morgan fingerprint density at radius 3 is 2.12 bits per heavy atom. The molecule has 4 rings (SSSR count). The second kappa shape index (κ2) is 15.2. The van der Waals surface area contributed by atoms with Gasteiger partial charge in [0.25, 0.3) is 10.0 Å². The van der Waals surface area contributed by atoms with E-state index in [-0.39, 0.29) is 42.3 Å². The van der Waals surface area contributed by atoms with E-state index in [4.69, 9.17) is 16.9 Å². The summed E-state index contributed by atoms with van der Waals surface area (Å²) in [6.07, 6.45) is 0.664. The molecule has 0 spiro atoms. The van der Waals surface area contributed by atoms with Gasteiger partial charge in [0.2, 0.25) is 27.7 Å². The molecule has 1 aromatic heterocycles. The fraction of sp³-hybridized carbons (Fsp3) is 0.250. The molecule has 14 nitrogen and oxygen atoms in total. The van der Waals surface area contributed by atoms with Gasteiger partial charge in [-0.05, 0) is 49.1 Å². The van der Waals surface area contributed by atoms with Crippen LogP contribution < -0.4 is 26.8 Å². The van der Waals surface area contributed by atoms with Crippen LogP contribution in [-0.4, -0.2) is 62.2 Å². The van der Waals surface area contributed by atoms with Gasteiger partial charge in [-0.2, -0.15) is 0 Å². The van der Waals surface area contributed by atoms with Crippen molar-refractivity contribution in [2.75, 3.05) is 5.75 Å². The van der Waals surface area contributed by atoms with Crippen molar-refractivity contribution in [1.82, 2.24) is 19.3 Å². The number of nitrogens with zero attached hydrogens (tertiary/aromatic N) is 1. The number of amides is 3. The Hall–Kier alpha value is -5.06. The number of nitrogen functional groups attached to an aromatic ring is 1. The maximum atomic E-state index is 13.7. The summed E-state index contributed by atoms with van der Waals surface area (Å²) in [5.74, 6) is -2.70. The fourth-order valence-electron chi connectivity index (χ4n) is 4.94. The van der Waals surface area contributed by atoms with Gasteiger partial charge in [0, 0.05) is 30.1 Å². The Labute approximate surface area is 278 Å². The minimum absolute atomic E-state index is 0.0383. The molecule has 4 aromatic rings. The number of nitrogens with two attached hydrogens (primary N) is 2. The first-order chi connectivity index (χ1) is 22.7. The highest BCUT2D eigenvalue weighted by molar-refractivity contribution is 7.90. The number of fused-ring (bicyclic) bond motifs is 1. The molecule has 2 atom stereocenters. The topological polar surface area (TPSA) is 236 Å². The molecule has 0 radical (unpaired) electrons. The molecule has 3 amide bonds. The number of amidine groups is 1. The Morgan fingerprint density at radius 2 is 1.50 bits per heavy atom. The van der Waals surface area contributed by atoms with E-state index in [2.05, 4.69) is 15.4 Å². The molecule has 0 saturated heterocycles. The van der Waals surface area contributed by atoms with Gasteiger partial charge < -0.3 is 22.1 Å². The summed E-state index contributed by atoms with van der Waals surface area (Å²) >= 11 is 0. The largest absolute Gasteiger partial charge is 0.384 e. The van der Waals surface area contributed by atoms with Gasteiger partial charge in [-0.25, -0.2) is 25.5 Å². The van der Waals surface area contributed by atoms with E-state index in [0.29, 0.717) is 27.6 Å². The van der Waals surface area contributed by atoms with Gasteiger partial charge in [-0.3, -0.25) is 19.8 Å². The van der Waals surface area contributed by atoms with E-state index in [1.54, 1.807) is 66.7 Å². The molecular weight excluding hydrogens is 659 g/mol. The van der Waals surface area contributed by atoms with Gasteiger partial charge >= 0.3 is 0 Å². The van der Waals surface area contributed by atoms with Crippen LogP contribution in [0.25, 0.3) is 10.9 Å². The van der Waals surface area contributed by atoms with Crippen molar-refractivity contribution in [1.29, 1.82) is 5.41 Å². The lowest BCUT2D eigenvalue weighted by Gasteiger charge is -2.23. The molecule has 2 unspecified atom stereocenters. The molecule has 0 aliphatic rings. The van der Waals surface area contributed by atoms with Gasteiger partial charge in [-0.15, -0.1) is 0 Å². The van der Waals surface area contributed by atoms with Crippen LogP contribution >= 0.6 is 0 Å². The van der Waals surface area contributed by atoms with Crippen molar-refractivity contribution in [3.63, 3.8) is 0 Å². The normalized spacial score (nSPS) is 13.0. The minimum Gasteiger partial charge on any atom is -0.384 e. The minimum atomic E-state index is -4.06. The number of benzene rings is 3. The number of rotatable bonds is 16. The quantitative estimate of drug-likeness (QED) is 0.0731. The van der Waals surface area contributed by atoms with Crippen LogP contribution in [-0.2, 0) is 47.4 Å². The summed E-state index contributed by atoms with van der Waals surface area (Å²) in [5, 5.41) is 13.2. The molecule has 8 N–H and O–H groups in total. The van der Waals surface area contributed by atoms with Crippen LogP contribution in [0.5, 0.6) is 0 Å². The van der Waals surface area contributed by atoms with Crippen LogP contribution in [0.3, 0.4) is 0 Å². The number of primary amides is 1. The first-order valence-electron chi connectivity index (χ1n) is 14.9. The third kappa shape index (κ3) is 8.84. The van der Waals surface area contributed by atoms with Crippen molar-refractivity contribution in [2.45, 2.75) is 49.7 Å². The molecular formula is C32H37N7O7S2. The number of aromatic nitrogens is 1. The molecule has 3 aromatic carbocycles. The van der Waals surface area contributed by atoms with Crippen molar-refractivity contribution < 1.29 is 31.2 Å². The van der Waals surface area contributed by atoms with Crippen molar-refractivity contribution in [3.8, 4) is 0 Å². The predicted octanol–water partition coefficient (Wildman–Crippen LogP) is 1.08. The number of carbonyl (C=O) groups excluding carboxylic acids is 3. The average Bonchev–Trinajstić information content (AvgIpc) is 3.44. The predicted molar refractivity (Wildman–Crippen MR) is 181 cm³/mol. The van der Waals surface area contributed by atoms with Crippen LogP contribution in [0.2, 0.25) is 0 Å². The van der Waals surface area contributed by atoms with E-state index in [1.807, 2.05) is 0 Å². The summed E-state index contributed by atoms with van der Waals surface area (Å²) in [4.78, 5) is 38.6. The van der Waals surface area contributed by atoms with Crippen LogP contribution in [0.15, 0.2) is 90.0 Å². The van der Waals surface area contributed by atoms with E-state index in [9.17, 15) is 31.2 Å². The fourth-order valence-corrected chi connectivity index (χ4v) is 7.14. The molecule has 48 heavy (non-hydrogen) atoms. The first kappa shape index (κ1) is 35.8. The molecule has 0 bridgehead atoms. The Bertz CT molecular complexity index is 2030.